The lowest BCUT2D eigenvalue weighted by atomic mass is 10.1. The zero-order valence-electron chi connectivity index (χ0n) is 9.49. The van der Waals surface area contributed by atoms with Crippen LogP contribution in [0.1, 0.15) is 26.7 Å². The third kappa shape index (κ3) is 1.59. The molecule has 3 N–H and O–H groups in total. The van der Waals surface area contributed by atoms with Crippen molar-refractivity contribution in [1.82, 2.24) is 5.32 Å². The minimum absolute atomic E-state index is 0.0658. The summed E-state index contributed by atoms with van der Waals surface area (Å²) in [6, 6.07) is 0. The number of aliphatic carboxylic acids is 1. The van der Waals surface area contributed by atoms with Gasteiger partial charge in [0.05, 0.1) is 24.0 Å². The molecule has 1 amide bonds. The average molecular weight is 227 g/mol. The zero-order chi connectivity index (χ0) is 12.1. The van der Waals surface area contributed by atoms with Crippen molar-refractivity contribution in [1.29, 1.82) is 0 Å². The zero-order valence-corrected chi connectivity index (χ0v) is 9.49. The highest BCUT2D eigenvalue weighted by atomic mass is 16.4. The number of hydrogen-bond donors (Lipinski definition) is 3. The summed E-state index contributed by atoms with van der Waals surface area (Å²) in [7, 11) is 0. The summed E-state index contributed by atoms with van der Waals surface area (Å²) in [5.41, 5.74) is -0.930. The van der Waals surface area contributed by atoms with E-state index in [4.69, 9.17) is 10.2 Å². The highest BCUT2D eigenvalue weighted by Gasteiger charge is 2.66. The summed E-state index contributed by atoms with van der Waals surface area (Å²) >= 11 is 0. The molecule has 90 valence electrons. The number of amides is 1. The minimum atomic E-state index is -0.918. The molecule has 5 heteroatoms. The molecule has 0 aromatic heterocycles. The first-order valence-electron chi connectivity index (χ1n) is 5.50. The number of carbonyl (C=O) groups excluding carboxylic acids is 1. The second kappa shape index (κ2) is 3.20. The highest BCUT2D eigenvalue weighted by molar-refractivity contribution is 5.92. The van der Waals surface area contributed by atoms with Crippen molar-refractivity contribution < 1.29 is 19.8 Å². The lowest BCUT2D eigenvalue weighted by Gasteiger charge is -2.14. The summed E-state index contributed by atoms with van der Waals surface area (Å²) in [5, 5.41) is 20.8. The lowest BCUT2D eigenvalue weighted by molar-refractivity contribution is -0.140. The second-order valence-electron chi connectivity index (χ2n) is 5.54. The molecule has 0 spiro atoms. The Balaban J connectivity index is 1.99. The molecule has 0 radical (unpaired) electrons. The van der Waals surface area contributed by atoms with E-state index >= 15 is 0 Å². The monoisotopic (exact) mass is 227 g/mol. The fraction of sp³-hybridized carbons (Fsp3) is 0.818. The molecule has 2 saturated carbocycles. The molecule has 0 aromatic carbocycles. The van der Waals surface area contributed by atoms with Crippen LogP contribution in [0.3, 0.4) is 0 Å². The molecular formula is C11H17NO4. The van der Waals surface area contributed by atoms with Gasteiger partial charge in [-0.05, 0) is 18.3 Å². The van der Waals surface area contributed by atoms with Crippen LogP contribution in [-0.4, -0.2) is 34.2 Å². The van der Waals surface area contributed by atoms with Gasteiger partial charge in [0.2, 0.25) is 5.91 Å². The van der Waals surface area contributed by atoms with Crippen LogP contribution in [-0.2, 0) is 9.59 Å². The number of nitrogens with one attached hydrogen (secondary N) is 1. The van der Waals surface area contributed by atoms with Crippen LogP contribution in [0.15, 0.2) is 0 Å². The second-order valence-corrected chi connectivity index (χ2v) is 5.54. The third-order valence-electron chi connectivity index (χ3n) is 3.92. The molecule has 2 aliphatic rings. The van der Waals surface area contributed by atoms with Gasteiger partial charge in [0, 0.05) is 0 Å². The number of aliphatic hydroxyl groups is 1. The van der Waals surface area contributed by atoms with Crippen LogP contribution in [0.2, 0.25) is 0 Å². The number of hydrogen-bond acceptors (Lipinski definition) is 3. The number of aliphatic hydroxyl groups excluding tert-OH is 1. The quantitative estimate of drug-likeness (QED) is 0.630. The van der Waals surface area contributed by atoms with Gasteiger partial charge in [-0.3, -0.25) is 9.59 Å². The van der Waals surface area contributed by atoms with E-state index in [2.05, 4.69) is 5.32 Å². The van der Waals surface area contributed by atoms with E-state index in [1.165, 1.54) is 0 Å². The molecule has 0 bridgehead atoms. The Morgan fingerprint density at radius 1 is 1.31 bits per heavy atom. The maximum atomic E-state index is 11.9. The van der Waals surface area contributed by atoms with Crippen LogP contribution in [0.5, 0.6) is 0 Å². The van der Waals surface area contributed by atoms with Gasteiger partial charge >= 0.3 is 5.97 Å². The van der Waals surface area contributed by atoms with Crippen molar-refractivity contribution >= 4 is 11.9 Å². The molecule has 2 fully saturated rings. The summed E-state index contributed by atoms with van der Waals surface area (Å²) in [6.45, 7) is 3.51. The maximum absolute atomic E-state index is 11.9. The molecular weight excluding hydrogens is 210 g/mol. The van der Waals surface area contributed by atoms with Gasteiger partial charge < -0.3 is 15.5 Å². The average Bonchev–Trinajstić information content (AvgIpc) is 3.02. The van der Waals surface area contributed by atoms with Crippen molar-refractivity contribution in [3.8, 4) is 0 Å². The van der Waals surface area contributed by atoms with Gasteiger partial charge in [0.1, 0.15) is 0 Å². The predicted octanol–water partition coefficient (Wildman–Crippen LogP) is -0.0157. The van der Waals surface area contributed by atoms with E-state index in [1.807, 2.05) is 0 Å². The van der Waals surface area contributed by atoms with Gasteiger partial charge in [-0.25, -0.2) is 0 Å². The summed E-state index contributed by atoms with van der Waals surface area (Å²) in [4.78, 5) is 22.8. The highest BCUT2D eigenvalue weighted by Crippen LogP contribution is 2.58. The Morgan fingerprint density at radius 3 is 2.19 bits per heavy atom. The van der Waals surface area contributed by atoms with E-state index in [1.54, 1.807) is 13.8 Å². The maximum Gasteiger partial charge on any atom is 0.307 e. The molecule has 2 atom stereocenters. The molecule has 2 rings (SSSR count). The van der Waals surface area contributed by atoms with Gasteiger partial charge in [-0.2, -0.15) is 0 Å². The number of carboxylic acids is 1. The molecule has 16 heavy (non-hydrogen) atoms. The fourth-order valence-electron chi connectivity index (χ4n) is 2.40. The van der Waals surface area contributed by atoms with Gasteiger partial charge in [0.25, 0.3) is 0 Å². The van der Waals surface area contributed by atoms with E-state index < -0.39 is 28.8 Å². The molecule has 2 aliphatic carbocycles. The van der Waals surface area contributed by atoms with Gasteiger partial charge in [-0.1, -0.05) is 13.8 Å². The standard InChI is InChI=1S/C11H17NO4/c1-10(2)6(7(10)9(15)16)8(14)12-11(5-13)3-4-11/h6-7,13H,3-5H2,1-2H3,(H,12,14)(H,15,16). The molecule has 5 nitrogen and oxygen atoms in total. The smallest absolute Gasteiger partial charge is 0.307 e. The largest absolute Gasteiger partial charge is 0.481 e. The predicted molar refractivity (Wildman–Crippen MR) is 55.6 cm³/mol. The number of rotatable bonds is 4. The minimum Gasteiger partial charge on any atom is -0.481 e. The molecule has 0 aliphatic heterocycles. The van der Waals surface area contributed by atoms with E-state index in [0.29, 0.717) is 0 Å². The number of carbonyl (C=O) groups is 2. The van der Waals surface area contributed by atoms with Crippen LogP contribution >= 0.6 is 0 Å². The van der Waals surface area contributed by atoms with Crippen molar-refractivity contribution in [3.63, 3.8) is 0 Å². The first kappa shape index (κ1) is 11.4. The van der Waals surface area contributed by atoms with Crippen LogP contribution < -0.4 is 5.32 Å². The van der Waals surface area contributed by atoms with Crippen molar-refractivity contribution in [3.05, 3.63) is 0 Å². The Kier molecular flexibility index (Phi) is 2.28. The van der Waals surface area contributed by atoms with E-state index in [-0.39, 0.29) is 12.5 Å². The van der Waals surface area contributed by atoms with E-state index in [0.717, 1.165) is 12.8 Å². The Morgan fingerprint density at radius 2 is 1.88 bits per heavy atom. The van der Waals surface area contributed by atoms with E-state index in [9.17, 15) is 9.59 Å². The normalized spacial score (nSPS) is 32.9. The number of carboxylic acid groups (broad SMARTS) is 1. The topological polar surface area (TPSA) is 86.6 Å². The van der Waals surface area contributed by atoms with Gasteiger partial charge in [0.15, 0.2) is 0 Å². The first-order chi connectivity index (χ1) is 7.34. The van der Waals surface area contributed by atoms with Crippen LogP contribution in [0.4, 0.5) is 0 Å². The van der Waals surface area contributed by atoms with Crippen LogP contribution in [0, 0.1) is 17.3 Å². The lowest BCUT2D eigenvalue weighted by Crippen LogP contribution is -2.41. The Bertz CT molecular complexity index is 346. The summed E-state index contributed by atoms with van der Waals surface area (Å²) < 4.78 is 0. The summed E-state index contributed by atoms with van der Waals surface area (Å²) in [6.07, 6.45) is 1.56. The molecule has 0 aromatic rings. The molecule has 2 unspecified atom stereocenters. The molecule has 0 heterocycles. The van der Waals surface area contributed by atoms with Crippen LogP contribution in [0.25, 0.3) is 0 Å². The van der Waals surface area contributed by atoms with Gasteiger partial charge in [-0.15, -0.1) is 0 Å². The summed E-state index contributed by atoms with van der Waals surface area (Å²) in [5.74, 6) is -2.21. The van der Waals surface area contributed by atoms with Crippen molar-refractivity contribution in [2.24, 2.45) is 17.3 Å². The first-order valence-corrected chi connectivity index (χ1v) is 5.50. The fourth-order valence-corrected chi connectivity index (χ4v) is 2.40. The molecule has 0 saturated heterocycles. The Labute approximate surface area is 93.8 Å². The SMILES string of the molecule is CC1(C)C(C(=O)O)C1C(=O)NC1(CO)CC1. The van der Waals surface area contributed by atoms with Crippen molar-refractivity contribution in [2.75, 3.05) is 6.61 Å². The Hall–Kier alpha value is -1.10. The van der Waals surface area contributed by atoms with Crippen molar-refractivity contribution in [2.45, 2.75) is 32.2 Å². The third-order valence-corrected chi connectivity index (χ3v) is 3.92.